The topological polar surface area (TPSA) is 56.4 Å². The fraction of sp³-hybridized carbons (Fsp3) is 0.263. The molecule has 29 heavy (non-hydrogen) atoms. The number of benzene rings is 2. The van der Waals surface area contributed by atoms with Gasteiger partial charge < -0.3 is 9.88 Å². The molecule has 1 saturated heterocycles. The zero-order valence-electron chi connectivity index (χ0n) is 15.1. The van der Waals surface area contributed by atoms with E-state index >= 15 is 0 Å². The smallest absolute Gasteiger partial charge is 0.369 e. The summed E-state index contributed by atoms with van der Waals surface area (Å²) >= 11 is 5.86. The molecule has 0 saturated carbocycles. The van der Waals surface area contributed by atoms with Crippen LogP contribution in [-0.4, -0.2) is 43.9 Å². The highest BCUT2D eigenvalue weighted by Crippen LogP contribution is 2.35. The van der Waals surface area contributed by atoms with E-state index in [9.17, 15) is 21.6 Å². The molecular formula is C19H17ClF3N3O2S. The Morgan fingerprint density at radius 1 is 0.966 bits per heavy atom. The molecule has 1 aliphatic heterocycles. The van der Waals surface area contributed by atoms with Crippen LogP contribution in [0.2, 0.25) is 5.02 Å². The molecule has 1 aliphatic rings. The number of aromatic amines is 1. The van der Waals surface area contributed by atoms with Crippen LogP contribution in [0.1, 0.15) is 5.56 Å². The van der Waals surface area contributed by atoms with Crippen molar-refractivity contribution in [3.05, 3.63) is 59.2 Å². The molecule has 2 heterocycles. The summed E-state index contributed by atoms with van der Waals surface area (Å²) in [6.45, 7) is 0.870. The minimum Gasteiger partial charge on any atom is -0.369 e. The molecule has 0 aliphatic carbocycles. The molecule has 2 aromatic carbocycles. The van der Waals surface area contributed by atoms with Crippen LogP contribution >= 0.6 is 11.6 Å². The number of nitrogens with one attached hydrogen (secondary N) is 1. The van der Waals surface area contributed by atoms with Crippen LogP contribution < -0.4 is 4.90 Å². The number of anilines is 1. The lowest BCUT2D eigenvalue weighted by Crippen LogP contribution is -2.48. The van der Waals surface area contributed by atoms with Gasteiger partial charge in [-0.2, -0.15) is 17.5 Å². The predicted octanol–water partition coefficient (Wildman–Crippen LogP) is 4.35. The molecule has 1 fully saturated rings. The maximum Gasteiger partial charge on any atom is 0.416 e. The van der Waals surface area contributed by atoms with Gasteiger partial charge in [0.25, 0.3) is 0 Å². The first kappa shape index (κ1) is 20.1. The van der Waals surface area contributed by atoms with Gasteiger partial charge in [0.05, 0.1) is 10.5 Å². The Kier molecular flexibility index (Phi) is 5.00. The van der Waals surface area contributed by atoms with E-state index in [0.29, 0.717) is 5.69 Å². The highest BCUT2D eigenvalue weighted by molar-refractivity contribution is 7.89. The highest BCUT2D eigenvalue weighted by Gasteiger charge is 2.33. The second-order valence-corrected chi connectivity index (χ2v) is 9.19. The average Bonchev–Trinajstić information content (AvgIpc) is 3.15. The Labute approximate surface area is 170 Å². The lowest BCUT2D eigenvalue weighted by Gasteiger charge is -2.35. The summed E-state index contributed by atoms with van der Waals surface area (Å²) in [6, 6.07) is 10.0. The Hall–Kier alpha value is -2.23. The summed E-state index contributed by atoms with van der Waals surface area (Å²) in [5.74, 6) is 0. The summed E-state index contributed by atoms with van der Waals surface area (Å²) in [5.41, 5.74) is 0.348. The average molecular weight is 444 g/mol. The number of halogens is 4. The van der Waals surface area contributed by atoms with Gasteiger partial charge in [-0.1, -0.05) is 11.6 Å². The van der Waals surface area contributed by atoms with Crippen molar-refractivity contribution in [2.24, 2.45) is 0 Å². The maximum absolute atomic E-state index is 13.0. The third-order valence-corrected chi connectivity index (χ3v) is 7.09. The molecule has 154 valence electrons. The zero-order valence-corrected chi connectivity index (χ0v) is 16.7. The van der Waals surface area contributed by atoms with Crippen LogP contribution in [-0.2, 0) is 16.2 Å². The Morgan fingerprint density at radius 2 is 1.69 bits per heavy atom. The van der Waals surface area contributed by atoms with E-state index in [-0.39, 0.29) is 36.1 Å². The van der Waals surface area contributed by atoms with Gasteiger partial charge >= 0.3 is 6.18 Å². The van der Waals surface area contributed by atoms with E-state index in [1.807, 2.05) is 0 Å². The Bertz CT molecular complexity index is 1150. The van der Waals surface area contributed by atoms with Gasteiger partial charge in [0.2, 0.25) is 10.0 Å². The van der Waals surface area contributed by atoms with Crippen molar-refractivity contribution in [2.45, 2.75) is 11.1 Å². The number of aromatic nitrogens is 1. The summed E-state index contributed by atoms with van der Waals surface area (Å²) in [6.07, 6.45) is -2.76. The van der Waals surface area contributed by atoms with Gasteiger partial charge in [0.1, 0.15) is 0 Å². The fourth-order valence-corrected chi connectivity index (χ4v) is 5.14. The summed E-state index contributed by atoms with van der Waals surface area (Å²) in [5, 5.41) is 0.785. The van der Waals surface area contributed by atoms with Crippen molar-refractivity contribution in [3.8, 4) is 0 Å². The molecule has 0 atom stereocenters. The van der Waals surface area contributed by atoms with E-state index in [1.54, 1.807) is 35.4 Å². The van der Waals surface area contributed by atoms with Gasteiger partial charge in [-0.3, -0.25) is 0 Å². The number of hydrogen-bond acceptors (Lipinski definition) is 3. The SMILES string of the molecule is O=S(=O)(c1ccc2[nH]ccc2c1)N1CCN(c2cc(Cl)cc(C(F)(F)F)c2)CC1. The molecular weight excluding hydrogens is 427 g/mol. The van der Waals surface area contributed by atoms with E-state index < -0.39 is 21.8 Å². The second kappa shape index (κ2) is 7.23. The first-order valence-corrected chi connectivity index (χ1v) is 10.7. The van der Waals surface area contributed by atoms with Crippen LogP contribution in [0, 0.1) is 0 Å². The summed E-state index contributed by atoms with van der Waals surface area (Å²) in [4.78, 5) is 4.92. The number of piperazine rings is 1. The molecule has 0 unspecified atom stereocenters. The lowest BCUT2D eigenvalue weighted by atomic mass is 10.1. The number of sulfonamides is 1. The van der Waals surface area contributed by atoms with Crippen LogP contribution in [0.4, 0.5) is 18.9 Å². The lowest BCUT2D eigenvalue weighted by molar-refractivity contribution is -0.137. The Morgan fingerprint density at radius 3 is 2.38 bits per heavy atom. The predicted molar refractivity (Wildman–Crippen MR) is 106 cm³/mol. The standard InChI is InChI=1S/C19H17ClF3N3O2S/c20-15-10-14(19(21,22)23)11-16(12-15)25-5-7-26(8-6-25)29(27,28)17-1-2-18-13(9-17)3-4-24-18/h1-4,9-12,24H,5-8H2. The molecule has 0 spiro atoms. The van der Waals surface area contributed by atoms with E-state index in [2.05, 4.69) is 4.98 Å². The zero-order chi connectivity index (χ0) is 20.8. The van der Waals surface area contributed by atoms with E-state index in [4.69, 9.17) is 11.6 Å². The van der Waals surface area contributed by atoms with Gasteiger partial charge in [-0.25, -0.2) is 8.42 Å². The van der Waals surface area contributed by atoms with Crippen LogP contribution in [0.5, 0.6) is 0 Å². The number of hydrogen-bond donors (Lipinski definition) is 1. The van der Waals surface area contributed by atoms with Crippen molar-refractivity contribution < 1.29 is 21.6 Å². The van der Waals surface area contributed by atoms with E-state index in [0.717, 1.165) is 23.0 Å². The van der Waals surface area contributed by atoms with Crippen LogP contribution in [0.3, 0.4) is 0 Å². The van der Waals surface area contributed by atoms with E-state index in [1.165, 1.54) is 10.4 Å². The molecule has 4 rings (SSSR count). The minimum atomic E-state index is -4.50. The molecule has 0 radical (unpaired) electrons. The molecule has 3 aromatic rings. The first-order valence-electron chi connectivity index (χ1n) is 8.85. The monoisotopic (exact) mass is 443 g/mol. The molecule has 1 N–H and O–H groups in total. The number of alkyl halides is 3. The number of H-pyrrole nitrogens is 1. The van der Waals surface area contributed by atoms with Crippen molar-refractivity contribution in [2.75, 3.05) is 31.1 Å². The molecule has 10 heteroatoms. The third kappa shape index (κ3) is 3.94. The van der Waals surface area contributed by atoms with Crippen molar-refractivity contribution in [1.82, 2.24) is 9.29 Å². The number of nitrogens with zero attached hydrogens (tertiary/aromatic N) is 2. The highest BCUT2D eigenvalue weighted by atomic mass is 35.5. The quantitative estimate of drug-likeness (QED) is 0.654. The third-order valence-electron chi connectivity index (χ3n) is 4.98. The normalized spacial score (nSPS) is 16.5. The molecule has 1 aromatic heterocycles. The Balaban J connectivity index is 1.52. The molecule has 0 bridgehead atoms. The first-order chi connectivity index (χ1) is 13.6. The van der Waals surface area contributed by atoms with Crippen LogP contribution in [0.25, 0.3) is 10.9 Å². The second-order valence-electron chi connectivity index (χ2n) is 6.81. The number of fused-ring (bicyclic) bond motifs is 1. The van der Waals surface area contributed by atoms with Gasteiger partial charge in [-0.15, -0.1) is 0 Å². The fourth-order valence-electron chi connectivity index (χ4n) is 3.45. The number of rotatable bonds is 3. The maximum atomic E-state index is 13.0. The largest absolute Gasteiger partial charge is 0.416 e. The van der Waals surface area contributed by atoms with Crippen molar-refractivity contribution in [3.63, 3.8) is 0 Å². The van der Waals surface area contributed by atoms with Crippen molar-refractivity contribution in [1.29, 1.82) is 0 Å². The minimum absolute atomic E-state index is 0.00955. The van der Waals surface area contributed by atoms with Gasteiger partial charge in [0, 0.05) is 54.0 Å². The van der Waals surface area contributed by atoms with Crippen LogP contribution in [0.15, 0.2) is 53.6 Å². The summed E-state index contributed by atoms with van der Waals surface area (Å²) < 4.78 is 66.4. The van der Waals surface area contributed by atoms with Crippen molar-refractivity contribution >= 4 is 38.2 Å². The molecule has 5 nitrogen and oxygen atoms in total. The van der Waals surface area contributed by atoms with Gasteiger partial charge in [-0.05, 0) is 42.5 Å². The summed E-state index contributed by atoms with van der Waals surface area (Å²) in [7, 11) is -3.69. The molecule has 0 amide bonds. The van der Waals surface area contributed by atoms with Gasteiger partial charge in [0.15, 0.2) is 0 Å².